The van der Waals surface area contributed by atoms with Crippen LogP contribution in [0.1, 0.15) is 22.3 Å². The van der Waals surface area contributed by atoms with Gasteiger partial charge in [-0.15, -0.1) is 0 Å². The summed E-state index contributed by atoms with van der Waals surface area (Å²) < 4.78 is 2.11. The van der Waals surface area contributed by atoms with Crippen LogP contribution in [0.25, 0.3) is 17.0 Å². The van der Waals surface area contributed by atoms with Crippen molar-refractivity contribution in [1.82, 2.24) is 4.57 Å². The molecule has 0 aliphatic carbocycles. The van der Waals surface area contributed by atoms with Crippen molar-refractivity contribution in [3.8, 4) is 6.07 Å². The fourth-order valence-electron chi connectivity index (χ4n) is 3.86. The number of hydrogen-bond acceptors (Lipinski definition) is 2. The zero-order valence-corrected chi connectivity index (χ0v) is 18.6. The summed E-state index contributed by atoms with van der Waals surface area (Å²) in [7, 11) is 0. The first-order valence-electron chi connectivity index (χ1n) is 10.3. The summed E-state index contributed by atoms with van der Waals surface area (Å²) in [6.45, 7) is 4.60. The van der Waals surface area contributed by atoms with E-state index in [2.05, 4.69) is 16.0 Å². The number of halogens is 1. The third-order valence-electron chi connectivity index (χ3n) is 5.23. The highest BCUT2D eigenvalue weighted by Gasteiger charge is 2.13. The normalized spacial score (nSPS) is 11.4. The van der Waals surface area contributed by atoms with Crippen LogP contribution in [-0.4, -0.2) is 10.5 Å². The predicted octanol–water partition coefficient (Wildman–Crippen LogP) is 6.51. The van der Waals surface area contributed by atoms with Crippen LogP contribution in [-0.2, 0) is 11.3 Å². The molecule has 0 atom stereocenters. The molecular weight excluding hydrogens is 418 g/mol. The van der Waals surface area contributed by atoms with Crippen molar-refractivity contribution in [3.05, 3.63) is 106 Å². The number of carbonyl (C=O) groups is 1. The molecule has 4 rings (SSSR count). The van der Waals surface area contributed by atoms with Gasteiger partial charge in [0.15, 0.2) is 0 Å². The molecule has 4 nitrogen and oxygen atoms in total. The second-order valence-corrected chi connectivity index (χ2v) is 8.29. The highest BCUT2D eigenvalue weighted by atomic mass is 35.5. The van der Waals surface area contributed by atoms with Gasteiger partial charge in [-0.1, -0.05) is 48.0 Å². The molecule has 158 valence electrons. The molecule has 0 fully saturated rings. The van der Waals surface area contributed by atoms with E-state index < -0.39 is 5.91 Å². The fourth-order valence-corrected chi connectivity index (χ4v) is 3.98. The molecule has 1 N–H and O–H groups in total. The molecule has 1 amide bonds. The zero-order valence-electron chi connectivity index (χ0n) is 17.9. The van der Waals surface area contributed by atoms with Gasteiger partial charge < -0.3 is 9.88 Å². The van der Waals surface area contributed by atoms with Crippen molar-refractivity contribution >= 4 is 40.2 Å². The van der Waals surface area contributed by atoms with Gasteiger partial charge in [0.2, 0.25) is 0 Å². The molecule has 0 saturated carbocycles. The van der Waals surface area contributed by atoms with Crippen molar-refractivity contribution in [2.45, 2.75) is 20.4 Å². The number of hydrogen-bond donors (Lipinski definition) is 1. The Hall–Kier alpha value is -3.81. The first-order valence-corrected chi connectivity index (χ1v) is 10.6. The van der Waals surface area contributed by atoms with Crippen molar-refractivity contribution in [2.75, 3.05) is 5.32 Å². The Bertz CT molecular complexity index is 1350. The maximum atomic E-state index is 12.8. The Morgan fingerprint density at radius 3 is 2.44 bits per heavy atom. The highest BCUT2D eigenvalue weighted by molar-refractivity contribution is 6.30. The maximum Gasteiger partial charge on any atom is 0.266 e. The number of carbonyl (C=O) groups excluding carboxylic acids is 1. The summed E-state index contributed by atoms with van der Waals surface area (Å²) in [5, 5.41) is 14.2. The largest absolute Gasteiger partial charge is 0.342 e. The van der Waals surface area contributed by atoms with Gasteiger partial charge in [0.05, 0.1) is 0 Å². The molecular formula is C27H22ClN3O. The van der Waals surface area contributed by atoms with E-state index in [-0.39, 0.29) is 5.57 Å². The quantitative estimate of drug-likeness (QED) is 0.285. The Labute approximate surface area is 192 Å². The van der Waals surface area contributed by atoms with E-state index in [9.17, 15) is 10.1 Å². The number of nitriles is 1. The second-order valence-electron chi connectivity index (χ2n) is 7.86. The Kier molecular flexibility index (Phi) is 6.11. The van der Waals surface area contributed by atoms with Crippen LogP contribution in [0.15, 0.2) is 78.5 Å². The average Bonchev–Trinajstić information content (AvgIpc) is 3.10. The molecule has 0 bridgehead atoms. The van der Waals surface area contributed by atoms with Gasteiger partial charge in [0, 0.05) is 39.9 Å². The van der Waals surface area contributed by atoms with Crippen molar-refractivity contribution in [2.24, 2.45) is 0 Å². The molecule has 5 heteroatoms. The summed E-state index contributed by atoms with van der Waals surface area (Å²) in [4.78, 5) is 12.8. The van der Waals surface area contributed by atoms with Crippen LogP contribution in [0, 0.1) is 25.2 Å². The van der Waals surface area contributed by atoms with Crippen molar-refractivity contribution in [1.29, 1.82) is 5.26 Å². The highest BCUT2D eigenvalue weighted by Crippen LogP contribution is 2.25. The fraction of sp³-hybridized carbons (Fsp3) is 0.111. The summed E-state index contributed by atoms with van der Waals surface area (Å²) >= 11 is 6.01. The molecule has 3 aromatic carbocycles. The summed E-state index contributed by atoms with van der Waals surface area (Å²) in [5.74, 6) is -0.424. The third-order valence-corrected chi connectivity index (χ3v) is 5.48. The van der Waals surface area contributed by atoms with Crippen LogP contribution in [0.5, 0.6) is 0 Å². The number of anilines is 1. The van der Waals surface area contributed by atoms with E-state index in [0.29, 0.717) is 17.3 Å². The molecule has 4 aromatic rings. The maximum absolute atomic E-state index is 12.8. The molecule has 0 spiro atoms. The minimum absolute atomic E-state index is 0.0542. The van der Waals surface area contributed by atoms with Gasteiger partial charge in [0.1, 0.15) is 11.6 Å². The predicted molar refractivity (Wildman–Crippen MR) is 131 cm³/mol. The molecule has 0 radical (unpaired) electrons. The Morgan fingerprint density at radius 2 is 1.75 bits per heavy atom. The van der Waals surface area contributed by atoms with Gasteiger partial charge in [-0.25, -0.2) is 0 Å². The second kappa shape index (κ2) is 9.13. The van der Waals surface area contributed by atoms with Crippen LogP contribution in [0.3, 0.4) is 0 Å². The van der Waals surface area contributed by atoms with Gasteiger partial charge >= 0.3 is 0 Å². The topological polar surface area (TPSA) is 57.8 Å². The van der Waals surface area contributed by atoms with E-state index >= 15 is 0 Å². The average molecular weight is 440 g/mol. The van der Waals surface area contributed by atoms with Crippen LogP contribution < -0.4 is 5.32 Å². The number of rotatable bonds is 5. The number of nitrogens with one attached hydrogen (secondary N) is 1. The summed E-state index contributed by atoms with van der Waals surface area (Å²) in [5.41, 5.74) is 5.79. The Morgan fingerprint density at radius 1 is 1.06 bits per heavy atom. The standard InChI is InChI=1S/C27H22ClN3O/c1-18-11-19(2)13-24(12-18)30-27(32)21(15-29)14-22-17-31(26-6-4-3-5-25(22)26)16-20-7-9-23(28)10-8-20/h3-14,17H,16H2,1-2H3,(H,30,32)/b21-14+. The number of amides is 1. The van der Waals surface area contributed by atoms with E-state index in [1.165, 1.54) is 0 Å². The Balaban J connectivity index is 1.67. The third kappa shape index (κ3) is 4.74. The molecule has 1 heterocycles. The minimum Gasteiger partial charge on any atom is -0.342 e. The molecule has 0 saturated heterocycles. The van der Waals surface area contributed by atoms with Crippen molar-refractivity contribution in [3.63, 3.8) is 0 Å². The number of para-hydroxylation sites is 1. The number of fused-ring (bicyclic) bond motifs is 1. The number of nitrogens with zero attached hydrogens (tertiary/aromatic N) is 2. The lowest BCUT2D eigenvalue weighted by Crippen LogP contribution is -2.13. The molecule has 1 aromatic heterocycles. The lowest BCUT2D eigenvalue weighted by Gasteiger charge is -2.07. The molecule has 32 heavy (non-hydrogen) atoms. The van der Waals surface area contributed by atoms with Gasteiger partial charge in [0.25, 0.3) is 5.91 Å². The van der Waals surface area contributed by atoms with E-state index in [0.717, 1.165) is 33.2 Å². The van der Waals surface area contributed by atoms with Crippen molar-refractivity contribution < 1.29 is 4.79 Å². The zero-order chi connectivity index (χ0) is 22.7. The monoisotopic (exact) mass is 439 g/mol. The molecule has 0 unspecified atom stereocenters. The van der Waals surface area contributed by atoms with Gasteiger partial charge in [-0.2, -0.15) is 5.26 Å². The molecule has 0 aliphatic heterocycles. The number of aromatic nitrogens is 1. The SMILES string of the molecule is Cc1cc(C)cc(NC(=O)/C(C#N)=C/c2cn(Cc3ccc(Cl)cc3)c3ccccc23)c1. The van der Waals surface area contributed by atoms with Crippen LogP contribution >= 0.6 is 11.6 Å². The van der Waals surface area contributed by atoms with E-state index in [4.69, 9.17) is 11.6 Å². The van der Waals surface area contributed by atoms with E-state index in [1.807, 2.05) is 86.8 Å². The first kappa shape index (κ1) is 21.4. The van der Waals surface area contributed by atoms with E-state index in [1.54, 1.807) is 6.08 Å². The lowest BCUT2D eigenvalue weighted by molar-refractivity contribution is -0.112. The van der Waals surface area contributed by atoms with Gasteiger partial charge in [-0.05, 0) is 66.9 Å². The number of aryl methyl sites for hydroxylation is 2. The minimum atomic E-state index is -0.424. The van der Waals surface area contributed by atoms with Gasteiger partial charge in [-0.3, -0.25) is 4.79 Å². The lowest BCUT2D eigenvalue weighted by atomic mass is 10.1. The van der Waals surface area contributed by atoms with Crippen LogP contribution in [0.2, 0.25) is 5.02 Å². The number of benzene rings is 3. The summed E-state index contributed by atoms with van der Waals surface area (Å²) in [6, 6.07) is 23.5. The molecule has 0 aliphatic rings. The summed E-state index contributed by atoms with van der Waals surface area (Å²) in [6.07, 6.45) is 3.62. The first-order chi connectivity index (χ1) is 15.4. The smallest absolute Gasteiger partial charge is 0.266 e. The van der Waals surface area contributed by atoms with Crippen LogP contribution in [0.4, 0.5) is 5.69 Å².